The fraction of sp³-hybridized carbons (Fsp3) is 0.692. The van der Waals surface area contributed by atoms with E-state index < -0.39 is 0 Å². The Kier molecular flexibility index (Phi) is 6.14. The van der Waals surface area contributed by atoms with Gasteiger partial charge in [-0.3, -0.25) is 0 Å². The molecule has 1 saturated carbocycles. The average Bonchev–Trinajstić information content (AvgIpc) is 2.38. The summed E-state index contributed by atoms with van der Waals surface area (Å²) in [5.41, 5.74) is 0. The first-order valence-corrected chi connectivity index (χ1v) is 7.67. The van der Waals surface area contributed by atoms with Crippen LogP contribution in [-0.2, 0) is 0 Å². The SMILES string of the molecule is Clc1cc(NCCCNC2CCCCC2)nc(Cl)n1. The second-order valence-corrected chi connectivity index (χ2v) is 5.64. The van der Waals surface area contributed by atoms with Gasteiger partial charge in [0.15, 0.2) is 0 Å². The van der Waals surface area contributed by atoms with E-state index in [0.29, 0.717) is 11.0 Å². The third kappa shape index (κ3) is 5.51. The van der Waals surface area contributed by atoms with Gasteiger partial charge in [-0.05, 0) is 37.4 Å². The van der Waals surface area contributed by atoms with Crippen LogP contribution in [0.5, 0.6) is 0 Å². The van der Waals surface area contributed by atoms with Gasteiger partial charge in [0.1, 0.15) is 11.0 Å². The summed E-state index contributed by atoms with van der Waals surface area (Å²) in [4.78, 5) is 7.87. The van der Waals surface area contributed by atoms with Gasteiger partial charge in [-0.15, -0.1) is 0 Å². The highest BCUT2D eigenvalue weighted by molar-refractivity contribution is 6.32. The number of hydrogen-bond donors (Lipinski definition) is 2. The molecule has 1 aliphatic rings. The van der Waals surface area contributed by atoms with E-state index in [4.69, 9.17) is 23.2 Å². The molecular weight excluding hydrogens is 283 g/mol. The van der Waals surface area contributed by atoms with Crippen LogP contribution in [0.4, 0.5) is 5.82 Å². The van der Waals surface area contributed by atoms with Crippen LogP contribution in [0.25, 0.3) is 0 Å². The Hall–Kier alpha value is -0.580. The summed E-state index contributed by atoms with van der Waals surface area (Å²) >= 11 is 11.5. The number of nitrogens with one attached hydrogen (secondary N) is 2. The molecule has 1 aliphatic carbocycles. The van der Waals surface area contributed by atoms with Crippen molar-refractivity contribution in [3.63, 3.8) is 0 Å². The Morgan fingerprint density at radius 3 is 2.63 bits per heavy atom. The molecule has 2 rings (SSSR count). The molecule has 6 heteroatoms. The summed E-state index contributed by atoms with van der Waals surface area (Å²) in [7, 11) is 0. The van der Waals surface area contributed by atoms with E-state index in [1.165, 1.54) is 32.1 Å². The molecule has 1 aromatic rings. The molecule has 0 amide bonds. The maximum atomic E-state index is 5.80. The number of halogens is 2. The minimum absolute atomic E-state index is 0.176. The highest BCUT2D eigenvalue weighted by atomic mass is 35.5. The monoisotopic (exact) mass is 302 g/mol. The van der Waals surface area contributed by atoms with Crippen molar-refractivity contribution in [2.75, 3.05) is 18.4 Å². The van der Waals surface area contributed by atoms with E-state index in [1.807, 2.05) is 0 Å². The molecule has 2 N–H and O–H groups in total. The normalized spacial score (nSPS) is 16.5. The fourth-order valence-electron chi connectivity index (χ4n) is 2.40. The standard InChI is InChI=1S/C13H20Cl2N4/c14-11-9-12(19-13(15)18-11)17-8-4-7-16-10-5-2-1-3-6-10/h9-10,16H,1-8H2,(H,17,18,19). The Morgan fingerprint density at radius 1 is 1.11 bits per heavy atom. The van der Waals surface area contributed by atoms with Crippen molar-refractivity contribution in [3.8, 4) is 0 Å². The van der Waals surface area contributed by atoms with Gasteiger partial charge in [-0.25, -0.2) is 9.97 Å². The Bertz CT molecular complexity index is 374. The Balaban J connectivity index is 1.60. The summed E-state index contributed by atoms with van der Waals surface area (Å²) in [6, 6.07) is 2.40. The van der Waals surface area contributed by atoms with E-state index in [-0.39, 0.29) is 5.28 Å². The summed E-state index contributed by atoms with van der Waals surface area (Å²) in [5, 5.41) is 7.35. The molecule has 0 aromatic carbocycles. The third-order valence-electron chi connectivity index (χ3n) is 3.37. The number of anilines is 1. The van der Waals surface area contributed by atoms with Crippen LogP contribution in [0.2, 0.25) is 10.4 Å². The first kappa shape index (κ1) is 14.8. The molecule has 0 bridgehead atoms. The van der Waals surface area contributed by atoms with Crippen LogP contribution < -0.4 is 10.6 Å². The Labute approximate surface area is 124 Å². The van der Waals surface area contributed by atoms with Gasteiger partial charge in [-0.1, -0.05) is 30.9 Å². The van der Waals surface area contributed by atoms with Crippen molar-refractivity contribution < 1.29 is 0 Å². The second-order valence-electron chi connectivity index (χ2n) is 4.91. The Morgan fingerprint density at radius 2 is 1.89 bits per heavy atom. The molecule has 1 fully saturated rings. The first-order chi connectivity index (χ1) is 9.24. The fourth-order valence-corrected chi connectivity index (χ4v) is 2.81. The molecule has 0 saturated heterocycles. The second kappa shape index (κ2) is 7.88. The van der Waals surface area contributed by atoms with E-state index >= 15 is 0 Å². The topological polar surface area (TPSA) is 49.8 Å². The summed E-state index contributed by atoms with van der Waals surface area (Å²) in [5.74, 6) is 0.683. The van der Waals surface area contributed by atoms with Gasteiger partial charge in [0, 0.05) is 18.7 Å². The predicted octanol–water partition coefficient (Wildman–Crippen LogP) is 3.51. The van der Waals surface area contributed by atoms with Crippen LogP contribution >= 0.6 is 23.2 Å². The molecule has 19 heavy (non-hydrogen) atoms. The van der Waals surface area contributed by atoms with Gasteiger partial charge >= 0.3 is 0 Å². The lowest BCUT2D eigenvalue weighted by atomic mass is 9.95. The van der Waals surface area contributed by atoms with E-state index in [2.05, 4.69) is 20.6 Å². The number of hydrogen-bond acceptors (Lipinski definition) is 4. The van der Waals surface area contributed by atoms with Crippen molar-refractivity contribution in [2.45, 2.75) is 44.6 Å². The zero-order valence-corrected chi connectivity index (χ0v) is 12.5. The minimum atomic E-state index is 0.176. The zero-order chi connectivity index (χ0) is 13.5. The van der Waals surface area contributed by atoms with Crippen LogP contribution in [0.15, 0.2) is 6.07 Å². The molecule has 0 aliphatic heterocycles. The zero-order valence-electron chi connectivity index (χ0n) is 11.0. The molecule has 0 spiro atoms. The molecule has 0 atom stereocenters. The first-order valence-electron chi connectivity index (χ1n) is 6.91. The quantitative estimate of drug-likeness (QED) is 0.480. The van der Waals surface area contributed by atoms with Crippen LogP contribution in [-0.4, -0.2) is 29.1 Å². The molecule has 1 aromatic heterocycles. The van der Waals surface area contributed by atoms with Crippen molar-refractivity contribution in [3.05, 3.63) is 16.5 Å². The smallest absolute Gasteiger partial charge is 0.225 e. The number of rotatable bonds is 6. The molecule has 106 valence electrons. The van der Waals surface area contributed by atoms with E-state index in [1.54, 1.807) is 6.07 Å². The van der Waals surface area contributed by atoms with E-state index in [0.717, 1.165) is 25.6 Å². The lowest BCUT2D eigenvalue weighted by Gasteiger charge is -2.22. The van der Waals surface area contributed by atoms with Gasteiger partial charge in [-0.2, -0.15) is 0 Å². The van der Waals surface area contributed by atoms with Gasteiger partial charge in [0.2, 0.25) is 5.28 Å². The summed E-state index contributed by atoms with van der Waals surface area (Å²) in [6.07, 6.45) is 7.83. The molecule has 4 nitrogen and oxygen atoms in total. The maximum Gasteiger partial charge on any atom is 0.225 e. The third-order valence-corrected chi connectivity index (χ3v) is 3.73. The lowest BCUT2D eigenvalue weighted by Crippen LogP contribution is -2.32. The molecule has 0 unspecified atom stereocenters. The van der Waals surface area contributed by atoms with Gasteiger partial charge in [0.25, 0.3) is 0 Å². The van der Waals surface area contributed by atoms with E-state index in [9.17, 15) is 0 Å². The summed E-state index contributed by atoms with van der Waals surface area (Å²) in [6.45, 7) is 1.88. The van der Waals surface area contributed by atoms with Crippen molar-refractivity contribution in [1.82, 2.24) is 15.3 Å². The highest BCUT2D eigenvalue weighted by Crippen LogP contribution is 2.17. The predicted molar refractivity (Wildman–Crippen MR) is 80.0 cm³/mol. The van der Waals surface area contributed by atoms with Crippen LogP contribution in [0.3, 0.4) is 0 Å². The number of nitrogens with zero attached hydrogens (tertiary/aromatic N) is 2. The van der Waals surface area contributed by atoms with Gasteiger partial charge in [0.05, 0.1) is 0 Å². The molecular formula is C13H20Cl2N4. The maximum absolute atomic E-state index is 5.80. The number of aromatic nitrogens is 2. The van der Waals surface area contributed by atoms with Crippen molar-refractivity contribution in [1.29, 1.82) is 0 Å². The average molecular weight is 303 g/mol. The molecule has 0 radical (unpaired) electrons. The van der Waals surface area contributed by atoms with Crippen LogP contribution in [0.1, 0.15) is 38.5 Å². The van der Waals surface area contributed by atoms with Crippen LogP contribution in [0, 0.1) is 0 Å². The van der Waals surface area contributed by atoms with Crippen molar-refractivity contribution in [2.24, 2.45) is 0 Å². The summed E-state index contributed by atoms with van der Waals surface area (Å²) < 4.78 is 0. The lowest BCUT2D eigenvalue weighted by molar-refractivity contribution is 0.373. The minimum Gasteiger partial charge on any atom is -0.370 e. The highest BCUT2D eigenvalue weighted by Gasteiger charge is 2.11. The largest absolute Gasteiger partial charge is 0.370 e. The van der Waals surface area contributed by atoms with Gasteiger partial charge < -0.3 is 10.6 Å². The molecule has 1 heterocycles. The van der Waals surface area contributed by atoms with Crippen molar-refractivity contribution >= 4 is 29.0 Å².